The molecule has 21 heavy (non-hydrogen) atoms. The highest BCUT2D eigenvalue weighted by Crippen LogP contribution is 2.14. The number of hydrazone groups is 1. The fourth-order valence-corrected chi connectivity index (χ4v) is 2.47. The van der Waals surface area contributed by atoms with E-state index in [1.54, 1.807) is 5.01 Å². The van der Waals surface area contributed by atoms with E-state index < -0.39 is 0 Å². The average Bonchev–Trinajstić information content (AvgIpc) is 3.02. The zero-order chi connectivity index (χ0) is 15.1. The molecule has 0 aliphatic carbocycles. The molecule has 2 rings (SSSR count). The number of rotatable bonds is 7. The van der Waals surface area contributed by atoms with E-state index >= 15 is 0 Å². The Bertz CT molecular complexity index is 484. The second-order valence-electron chi connectivity index (χ2n) is 5.40. The molecule has 1 aliphatic heterocycles. The van der Waals surface area contributed by atoms with Crippen molar-refractivity contribution in [3.8, 4) is 0 Å². The molecule has 1 amide bonds. The van der Waals surface area contributed by atoms with Crippen molar-refractivity contribution in [2.24, 2.45) is 5.10 Å². The van der Waals surface area contributed by atoms with Gasteiger partial charge in [-0.3, -0.25) is 9.69 Å². The van der Waals surface area contributed by atoms with Crippen LogP contribution in [0.2, 0.25) is 0 Å². The standard InChI is InChI=1S/C17H25N3O/c1-3-5-12-19(4-2)14-17(21)20-13-11-16(18-20)15-9-7-6-8-10-15/h6-10H,3-5,11-14H2,1-2H3. The molecule has 0 aromatic heterocycles. The number of unbranched alkanes of at least 4 members (excludes halogenated alkanes) is 1. The van der Waals surface area contributed by atoms with Gasteiger partial charge in [0.15, 0.2) is 0 Å². The Morgan fingerprint density at radius 2 is 2.05 bits per heavy atom. The fraction of sp³-hybridized carbons (Fsp3) is 0.529. The first-order valence-electron chi connectivity index (χ1n) is 7.90. The van der Waals surface area contributed by atoms with Gasteiger partial charge in [0.25, 0.3) is 5.91 Å². The summed E-state index contributed by atoms with van der Waals surface area (Å²) in [6.45, 7) is 7.35. The summed E-state index contributed by atoms with van der Waals surface area (Å²) < 4.78 is 0. The highest BCUT2D eigenvalue weighted by molar-refractivity contribution is 6.02. The second-order valence-corrected chi connectivity index (χ2v) is 5.40. The van der Waals surface area contributed by atoms with Gasteiger partial charge in [-0.05, 0) is 25.1 Å². The third kappa shape index (κ3) is 4.39. The summed E-state index contributed by atoms with van der Waals surface area (Å²) in [5.41, 5.74) is 2.13. The average molecular weight is 287 g/mol. The predicted octanol–water partition coefficient (Wildman–Crippen LogP) is 2.75. The van der Waals surface area contributed by atoms with Gasteiger partial charge in [0.2, 0.25) is 0 Å². The Balaban J connectivity index is 1.93. The minimum atomic E-state index is 0.110. The van der Waals surface area contributed by atoms with Gasteiger partial charge in [-0.2, -0.15) is 5.10 Å². The van der Waals surface area contributed by atoms with Crippen LogP contribution in [0.3, 0.4) is 0 Å². The molecule has 4 heteroatoms. The van der Waals surface area contributed by atoms with Crippen molar-refractivity contribution >= 4 is 11.6 Å². The van der Waals surface area contributed by atoms with Crippen LogP contribution in [0.1, 0.15) is 38.7 Å². The van der Waals surface area contributed by atoms with Crippen LogP contribution in [0.25, 0.3) is 0 Å². The lowest BCUT2D eigenvalue weighted by molar-refractivity contribution is -0.131. The van der Waals surface area contributed by atoms with Gasteiger partial charge >= 0.3 is 0 Å². The number of hydrogen-bond acceptors (Lipinski definition) is 3. The molecule has 0 radical (unpaired) electrons. The molecule has 1 aromatic rings. The van der Waals surface area contributed by atoms with Gasteiger partial charge in [0.05, 0.1) is 18.8 Å². The van der Waals surface area contributed by atoms with Gasteiger partial charge in [-0.1, -0.05) is 50.6 Å². The van der Waals surface area contributed by atoms with E-state index in [1.807, 2.05) is 30.3 Å². The molecule has 114 valence electrons. The topological polar surface area (TPSA) is 35.9 Å². The van der Waals surface area contributed by atoms with Crippen molar-refractivity contribution in [3.63, 3.8) is 0 Å². The van der Waals surface area contributed by atoms with Crippen molar-refractivity contribution in [3.05, 3.63) is 35.9 Å². The fourth-order valence-electron chi connectivity index (χ4n) is 2.47. The summed E-state index contributed by atoms with van der Waals surface area (Å²) in [5.74, 6) is 0.110. The van der Waals surface area contributed by atoms with Crippen molar-refractivity contribution in [2.45, 2.75) is 33.1 Å². The molecule has 1 aliphatic rings. The number of hydrogen-bond donors (Lipinski definition) is 0. The number of amides is 1. The molecule has 0 atom stereocenters. The molecule has 4 nitrogen and oxygen atoms in total. The molecular formula is C17H25N3O. The molecule has 0 fully saturated rings. The van der Waals surface area contributed by atoms with Crippen LogP contribution >= 0.6 is 0 Å². The quantitative estimate of drug-likeness (QED) is 0.773. The molecule has 0 saturated carbocycles. The lowest BCUT2D eigenvalue weighted by Crippen LogP contribution is -2.37. The van der Waals surface area contributed by atoms with Crippen molar-refractivity contribution in [1.82, 2.24) is 9.91 Å². The van der Waals surface area contributed by atoms with E-state index in [4.69, 9.17) is 0 Å². The van der Waals surface area contributed by atoms with Crippen LogP contribution in [0.15, 0.2) is 35.4 Å². The first-order chi connectivity index (χ1) is 10.2. The lowest BCUT2D eigenvalue weighted by Gasteiger charge is -2.21. The van der Waals surface area contributed by atoms with Gasteiger partial charge in [-0.15, -0.1) is 0 Å². The maximum Gasteiger partial charge on any atom is 0.256 e. The van der Waals surface area contributed by atoms with Crippen molar-refractivity contribution in [1.29, 1.82) is 0 Å². The van der Waals surface area contributed by atoms with Gasteiger partial charge in [0, 0.05) is 6.42 Å². The molecule has 1 heterocycles. The largest absolute Gasteiger partial charge is 0.295 e. The van der Waals surface area contributed by atoms with Crippen LogP contribution in [0.5, 0.6) is 0 Å². The summed E-state index contributed by atoms with van der Waals surface area (Å²) in [6, 6.07) is 10.1. The number of carbonyl (C=O) groups excluding carboxylic acids is 1. The van der Waals surface area contributed by atoms with E-state index in [-0.39, 0.29) is 5.91 Å². The molecule has 0 unspecified atom stereocenters. The van der Waals surface area contributed by atoms with E-state index in [0.717, 1.165) is 43.6 Å². The Kier molecular flexibility index (Phi) is 5.93. The van der Waals surface area contributed by atoms with Crippen LogP contribution in [0.4, 0.5) is 0 Å². The number of nitrogens with zero attached hydrogens (tertiary/aromatic N) is 3. The number of likely N-dealkylation sites (N-methyl/N-ethyl adjacent to an activating group) is 1. The Morgan fingerprint density at radius 3 is 2.71 bits per heavy atom. The molecule has 0 saturated heterocycles. The summed E-state index contributed by atoms with van der Waals surface area (Å²) in [5, 5.41) is 6.14. The molecule has 0 bridgehead atoms. The maximum atomic E-state index is 12.3. The van der Waals surface area contributed by atoms with Crippen LogP contribution < -0.4 is 0 Å². The smallest absolute Gasteiger partial charge is 0.256 e. The van der Waals surface area contributed by atoms with E-state index in [9.17, 15) is 4.79 Å². The summed E-state index contributed by atoms with van der Waals surface area (Å²) in [6.07, 6.45) is 3.14. The van der Waals surface area contributed by atoms with Crippen LogP contribution in [0, 0.1) is 0 Å². The zero-order valence-corrected chi connectivity index (χ0v) is 13.1. The minimum absolute atomic E-state index is 0.110. The van der Waals surface area contributed by atoms with Gasteiger partial charge < -0.3 is 0 Å². The Labute approximate surface area is 127 Å². The van der Waals surface area contributed by atoms with E-state index in [0.29, 0.717) is 13.1 Å². The first-order valence-corrected chi connectivity index (χ1v) is 7.90. The molecule has 0 spiro atoms. The zero-order valence-electron chi connectivity index (χ0n) is 13.1. The third-order valence-electron chi connectivity index (χ3n) is 3.83. The normalized spacial score (nSPS) is 14.6. The summed E-state index contributed by atoms with van der Waals surface area (Å²) in [4.78, 5) is 14.5. The summed E-state index contributed by atoms with van der Waals surface area (Å²) >= 11 is 0. The number of benzene rings is 1. The maximum absolute atomic E-state index is 12.3. The van der Waals surface area contributed by atoms with E-state index in [1.165, 1.54) is 0 Å². The van der Waals surface area contributed by atoms with Crippen molar-refractivity contribution in [2.75, 3.05) is 26.2 Å². The predicted molar refractivity (Wildman–Crippen MR) is 86.3 cm³/mol. The second kappa shape index (κ2) is 7.93. The molecular weight excluding hydrogens is 262 g/mol. The molecule has 0 N–H and O–H groups in total. The highest BCUT2D eigenvalue weighted by atomic mass is 16.2. The summed E-state index contributed by atoms with van der Waals surface area (Å²) in [7, 11) is 0. The monoisotopic (exact) mass is 287 g/mol. The van der Waals surface area contributed by atoms with E-state index in [2.05, 4.69) is 23.8 Å². The first kappa shape index (κ1) is 15.7. The highest BCUT2D eigenvalue weighted by Gasteiger charge is 2.22. The lowest BCUT2D eigenvalue weighted by atomic mass is 10.1. The van der Waals surface area contributed by atoms with Crippen molar-refractivity contribution < 1.29 is 4.79 Å². The van der Waals surface area contributed by atoms with Crippen LogP contribution in [-0.2, 0) is 4.79 Å². The minimum Gasteiger partial charge on any atom is -0.295 e. The van der Waals surface area contributed by atoms with Crippen LogP contribution in [-0.4, -0.2) is 47.7 Å². The third-order valence-corrected chi connectivity index (χ3v) is 3.83. The van der Waals surface area contributed by atoms with Gasteiger partial charge in [-0.25, -0.2) is 5.01 Å². The SMILES string of the molecule is CCCCN(CC)CC(=O)N1CCC(c2ccccc2)=N1. The molecule has 1 aromatic carbocycles. The Morgan fingerprint density at radius 1 is 1.29 bits per heavy atom. The number of carbonyl (C=O) groups is 1. The van der Waals surface area contributed by atoms with Gasteiger partial charge in [0.1, 0.15) is 0 Å². The Hall–Kier alpha value is -1.68.